The zero-order valence-corrected chi connectivity index (χ0v) is 15.6. The quantitative estimate of drug-likeness (QED) is 0.485. The Morgan fingerprint density at radius 2 is 1.82 bits per heavy atom. The summed E-state index contributed by atoms with van der Waals surface area (Å²) in [6, 6.07) is 14.0. The lowest BCUT2D eigenvalue weighted by molar-refractivity contribution is 0.102. The first-order valence-electron chi connectivity index (χ1n) is 8.55. The molecule has 0 bridgehead atoms. The number of fused-ring (bicyclic) bond motifs is 1. The molecular formula is C20H17N5O2S. The summed E-state index contributed by atoms with van der Waals surface area (Å²) in [6.45, 7) is 0.324. The highest BCUT2D eigenvalue weighted by molar-refractivity contribution is 7.15. The van der Waals surface area contributed by atoms with E-state index in [0.29, 0.717) is 17.8 Å². The van der Waals surface area contributed by atoms with Crippen LogP contribution in [0.1, 0.15) is 15.9 Å². The van der Waals surface area contributed by atoms with E-state index in [9.17, 15) is 9.59 Å². The second-order valence-electron chi connectivity index (χ2n) is 6.17. The number of rotatable bonds is 5. The molecule has 140 valence electrons. The molecule has 0 aliphatic carbocycles. The fourth-order valence-corrected chi connectivity index (χ4v) is 3.46. The predicted octanol–water partition coefficient (Wildman–Crippen LogP) is 3.48. The zero-order chi connectivity index (χ0) is 19.5. The first-order chi connectivity index (χ1) is 13.6. The van der Waals surface area contributed by atoms with Crippen LogP contribution in [0.25, 0.3) is 16.2 Å². The number of anilines is 1. The number of urea groups is 1. The molecule has 2 aromatic heterocycles. The van der Waals surface area contributed by atoms with Gasteiger partial charge in [-0.25, -0.2) is 9.78 Å². The maximum atomic E-state index is 12.4. The highest BCUT2D eigenvalue weighted by Gasteiger charge is 2.08. The topological polar surface area (TPSA) is 102 Å². The van der Waals surface area contributed by atoms with Crippen LogP contribution >= 0.6 is 11.3 Å². The Labute approximate surface area is 164 Å². The van der Waals surface area contributed by atoms with Gasteiger partial charge in [-0.05, 0) is 29.8 Å². The van der Waals surface area contributed by atoms with Crippen molar-refractivity contribution in [3.8, 4) is 11.3 Å². The number of primary amides is 1. The van der Waals surface area contributed by atoms with Gasteiger partial charge in [0.05, 0.1) is 5.69 Å². The molecule has 4 aromatic rings. The Hall–Kier alpha value is -3.65. The molecule has 2 aromatic carbocycles. The number of nitrogens with two attached hydrogens (primary N) is 1. The number of hydrogen-bond acceptors (Lipinski definition) is 4. The van der Waals surface area contributed by atoms with E-state index < -0.39 is 6.03 Å². The molecule has 0 fully saturated rings. The van der Waals surface area contributed by atoms with Crippen molar-refractivity contribution in [2.24, 2.45) is 5.73 Å². The standard InChI is InChI=1S/C20H17N5O2S/c21-19(27)22-11-13-1-3-15(4-2-13)18(26)23-16-7-5-14(6-8-16)17-12-25-9-10-28-20(25)24-17/h1-10,12H,11H2,(H,23,26)(H3,21,22,27). The largest absolute Gasteiger partial charge is 0.352 e. The molecule has 0 saturated heterocycles. The summed E-state index contributed by atoms with van der Waals surface area (Å²) >= 11 is 1.59. The van der Waals surface area contributed by atoms with Gasteiger partial charge in [0.2, 0.25) is 0 Å². The van der Waals surface area contributed by atoms with Crippen molar-refractivity contribution in [2.75, 3.05) is 5.32 Å². The van der Waals surface area contributed by atoms with Gasteiger partial charge in [-0.1, -0.05) is 24.3 Å². The number of nitrogens with one attached hydrogen (secondary N) is 2. The van der Waals surface area contributed by atoms with Crippen LogP contribution in [0.3, 0.4) is 0 Å². The Kier molecular flexibility index (Phi) is 4.77. The van der Waals surface area contributed by atoms with Crippen molar-refractivity contribution in [3.63, 3.8) is 0 Å². The molecule has 7 nitrogen and oxygen atoms in total. The number of thiazole rings is 1. The van der Waals surface area contributed by atoms with Gasteiger partial charge in [0.15, 0.2) is 4.96 Å². The molecule has 4 N–H and O–H groups in total. The van der Waals surface area contributed by atoms with E-state index in [1.54, 1.807) is 35.6 Å². The van der Waals surface area contributed by atoms with E-state index in [0.717, 1.165) is 21.8 Å². The van der Waals surface area contributed by atoms with Gasteiger partial charge in [0.1, 0.15) is 0 Å². The smallest absolute Gasteiger partial charge is 0.312 e. The monoisotopic (exact) mass is 391 g/mol. The number of aromatic nitrogens is 2. The maximum Gasteiger partial charge on any atom is 0.312 e. The first-order valence-corrected chi connectivity index (χ1v) is 9.43. The van der Waals surface area contributed by atoms with Crippen molar-refractivity contribution in [1.82, 2.24) is 14.7 Å². The number of carbonyl (C=O) groups excluding carboxylic acids is 2. The first kappa shape index (κ1) is 17.7. The third-order valence-corrected chi connectivity index (χ3v) is 4.99. The van der Waals surface area contributed by atoms with Gasteiger partial charge in [0, 0.05) is 41.1 Å². The van der Waals surface area contributed by atoms with E-state index in [4.69, 9.17) is 5.73 Å². The lowest BCUT2D eigenvalue weighted by atomic mass is 10.1. The third-order valence-electron chi connectivity index (χ3n) is 4.21. The van der Waals surface area contributed by atoms with Crippen molar-refractivity contribution in [1.29, 1.82) is 0 Å². The summed E-state index contributed by atoms with van der Waals surface area (Å²) in [6.07, 6.45) is 3.95. The maximum absolute atomic E-state index is 12.4. The van der Waals surface area contributed by atoms with Crippen LogP contribution in [0.15, 0.2) is 66.3 Å². The van der Waals surface area contributed by atoms with Crippen molar-refractivity contribution in [3.05, 3.63) is 77.4 Å². The van der Waals surface area contributed by atoms with Gasteiger partial charge < -0.3 is 16.4 Å². The molecular weight excluding hydrogens is 374 g/mol. The van der Waals surface area contributed by atoms with E-state index in [2.05, 4.69) is 15.6 Å². The minimum Gasteiger partial charge on any atom is -0.352 e. The molecule has 0 saturated carbocycles. The second kappa shape index (κ2) is 7.53. The number of amides is 3. The predicted molar refractivity (Wildman–Crippen MR) is 109 cm³/mol. The summed E-state index contributed by atoms with van der Waals surface area (Å²) in [4.78, 5) is 28.7. The van der Waals surface area contributed by atoms with Gasteiger partial charge in [0.25, 0.3) is 5.91 Å². The highest BCUT2D eigenvalue weighted by atomic mass is 32.1. The molecule has 0 atom stereocenters. The van der Waals surface area contributed by atoms with Crippen LogP contribution in [0.4, 0.5) is 10.5 Å². The van der Waals surface area contributed by atoms with E-state index in [-0.39, 0.29) is 5.91 Å². The van der Waals surface area contributed by atoms with Gasteiger partial charge in [-0.2, -0.15) is 0 Å². The summed E-state index contributed by atoms with van der Waals surface area (Å²) in [5.41, 5.74) is 9.02. The van der Waals surface area contributed by atoms with Gasteiger partial charge >= 0.3 is 6.03 Å². The molecule has 2 heterocycles. The van der Waals surface area contributed by atoms with E-state index in [1.165, 1.54) is 0 Å². The van der Waals surface area contributed by atoms with Crippen molar-refractivity contribution >= 4 is 33.9 Å². The number of carbonyl (C=O) groups is 2. The Morgan fingerprint density at radius 1 is 1.07 bits per heavy atom. The number of benzene rings is 2. The summed E-state index contributed by atoms with van der Waals surface area (Å²) in [5, 5.41) is 7.38. The third kappa shape index (κ3) is 3.86. The van der Waals surface area contributed by atoms with Crippen LogP contribution < -0.4 is 16.4 Å². The van der Waals surface area contributed by atoms with Crippen molar-refractivity contribution in [2.45, 2.75) is 6.54 Å². The SMILES string of the molecule is NC(=O)NCc1ccc(C(=O)Nc2ccc(-c3cn4ccsc4n3)cc2)cc1. The lowest BCUT2D eigenvalue weighted by Gasteiger charge is -2.07. The summed E-state index contributed by atoms with van der Waals surface area (Å²) in [7, 11) is 0. The molecule has 0 unspecified atom stereocenters. The van der Waals surface area contributed by atoms with Crippen LogP contribution in [0, 0.1) is 0 Å². The zero-order valence-electron chi connectivity index (χ0n) is 14.8. The summed E-state index contributed by atoms with van der Waals surface area (Å²) in [5.74, 6) is -0.204. The minimum absolute atomic E-state index is 0.204. The van der Waals surface area contributed by atoms with Crippen LogP contribution in [-0.4, -0.2) is 21.3 Å². The fraction of sp³-hybridized carbons (Fsp3) is 0.0500. The average molecular weight is 391 g/mol. The Balaban J connectivity index is 1.41. The number of imidazole rings is 1. The minimum atomic E-state index is -0.583. The van der Waals surface area contributed by atoms with Crippen molar-refractivity contribution < 1.29 is 9.59 Å². The number of hydrogen-bond donors (Lipinski definition) is 3. The van der Waals surface area contributed by atoms with Crippen LogP contribution in [0.5, 0.6) is 0 Å². The lowest BCUT2D eigenvalue weighted by Crippen LogP contribution is -2.28. The molecule has 0 radical (unpaired) electrons. The molecule has 3 amide bonds. The molecule has 28 heavy (non-hydrogen) atoms. The Morgan fingerprint density at radius 3 is 2.50 bits per heavy atom. The molecule has 0 aliphatic rings. The normalized spacial score (nSPS) is 10.7. The van der Waals surface area contributed by atoms with Crippen LogP contribution in [-0.2, 0) is 6.54 Å². The van der Waals surface area contributed by atoms with Crippen LogP contribution in [0.2, 0.25) is 0 Å². The Bertz CT molecular complexity index is 1100. The highest BCUT2D eigenvalue weighted by Crippen LogP contribution is 2.23. The van der Waals surface area contributed by atoms with Gasteiger partial charge in [-0.3, -0.25) is 9.20 Å². The molecule has 8 heteroatoms. The molecule has 0 aliphatic heterocycles. The second-order valence-corrected chi connectivity index (χ2v) is 7.04. The number of nitrogens with zero attached hydrogens (tertiary/aromatic N) is 2. The van der Waals surface area contributed by atoms with E-state index >= 15 is 0 Å². The average Bonchev–Trinajstić information content (AvgIpc) is 3.29. The molecule has 0 spiro atoms. The van der Waals surface area contributed by atoms with E-state index in [1.807, 2.05) is 46.4 Å². The van der Waals surface area contributed by atoms with Gasteiger partial charge in [-0.15, -0.1) is 11.3 Å². The molecule has 4 rings (SSSR count). The fourth-order valence-electron chi connectivity index (χ4n) is 2.76. The summed E-state index contributed by atoms with van der Waals surface area (Å²) < 4.78 is 1.98.